The van der Waals surface area contributed by atoms with Crippen LogP contribution in [0.2, 0.25) is 8.87 Å². The first-order chi connectivity index (χ1) is 7.75. The van der Waals surface area contributed by atoms with Crippen molar-refractivity contribution in [3.05, 3.63) is 0 Å². The van der Waals surface area contributed by atoms with Crippen molar-refractivity contribution in [2.75, 3.05) is 19.8 Å². The Morgan fingerprint density at radius 1 is 0.812 bits per heavy atom. The van der Waals surface area contributed by atoms with Gasteiger partial charge in [0.15, 0.2) is 0 Å². The second-order valence-electron chi connectivity index (χ2n) is 5.04. The van der Waals surface area contributed by atoms with Gasteiger partial charge in [-0.2, -0.15) is 0 Å². The summed E-state index contributed by atoms with van der Waals surface area (Å²) >= 11 is -2.00. The van der Waals surface area contributed by atoms with Crippen LogP contribution in [-0.4, -0.2) is 44.9 Å². The minimum absolute atomic E-state index is 1.29. The molecule has 1 saturated heterocycles. The fraction of sp³-hybridized carbons (Fsp3) is 1.00. The van der Waals surface area contributed by atoms with Gasteiger partial charge in [0, 0.05) is 0 Å². The van der Waals surface area contributed by atoms with E-state index in [0.717, 1.165) is 0 Å². The molecule has 0 bridgehead atoms. The average molecular weight is 333 g/mol. The zero-order valence-electron chi connectivity index (χ0n) is 11.8. The van der Waals surface area contributed by atoms with Gasteiger partial charge in [0.25, 0.3) is 0 Å². The van der Waals surface area contributed by atoms with Crippen LogP contribution < -0.4 is 0 Å². The van der Waals surface area contributed by atoms with Crippen molar-refractivity contribution < 1.29 is 0 Å². The number of unbranched alkanes of at least 4 members (excludes halogenated alkanes) is 2. The van der Waals surface area contributed by atoms with Gasteiger partial charge in [0.05, 0.1) is 0 Å². The first-order valence-electron chi connectivity index (χ1n) is 7.25. The summed E-state index contributed by atoms with van der Waals surface area (Å²) in [4.78, 5) is 0. The van der Waals surface area contributed by atoms with Gasteiger partial charge < -0.3 is 0 Å². The molecule has 2 nitrogen and oxygen atoms in total. The van der Waals surface area contributed by atoms with Crippen LogP contribution in [0, 0.1) is 0 Å². The topological polar surface area (TPSA) is 6.48 Å². The SMILES string of the molecule is CCC[CH2][Sn]1([CH2]CCC)[N](CC)C[N]1CC. The molecular weight excluding hydrogens is 303 g/mol. The molecular formula is C13H30N2Sn. The van der Waals surface area contributed by atoms with Crippen molar-refractivity contribution in [2.24, 2.45) is 0 Å². The van der Waals surface area contributed by atoms with Gasteiger partial charge in [-0.3, -0.25) is 0 Å². The van der Waals surface area contributed by atoms with E-state index in [4.69, 9.17) is 0 Å². The monoisotopic (exact) mass is 334 g/mol. The Kier molecular flexibility index (Phi) is 6.67. The predicted molar refractivity (Wildman–Crippen MR) is 74.8 cm³/mol. The van der Waals surface area contributed by atoms with Gasteiger partial charge in [0.2, 0.25) is 0 Å². The van der Waals surface area contributed by atoms with E-state index in [2.05, 4.69) is 33.9 Å². The molecule has 0 unspecified atom stereocenters. The maximum absolute atomic E-state index is 2.89. The van der Waals surface area contributed by atoms with Crippen molar-refractivity contribution in [3.8, 4) is 0 Å². The summed E-state index contributed by atoms with van der Waals surface area (Å²) in [5.41, 5.74) is 0. The molecule has 0 radical (unpaired) electrons. The van der Waals surface area contributed by atoms with Gasteiger partial charge in [-0.15, -0.1) is 0 Å². The second kappa shape index (κ2) is 7.22. The van der Waals surface area contributed by atoms with Crippen LogP contribution in [0.5, 0.6) is 0 Å². The quantitative estimate of drug-likeness (QED) is 0.626. The Balaban J connectivity index is 2.64. The molecule has 0 aliphatic carbocycles. The molecule has 1 aliphatic heterocycles. The van der Waals surface area contributed by atoms with Gasteiger partial charge in [-0.25, -0.2) is 0 Å². The van der Waals surface area contributed by atoms with E-state index < -0.39 is 18.9 Å². The van der Waals surface area contributed by atoms with E-state index in [0.29, 0.717) is 0 Å². The Bertz CT molecular complexity index is 176. The van der Waals surface area contributed by atoms with Crippen LogP contribution in [0.25, 0.3) is 0 Å². The van der Waals surface area contributed by atoms with Gasteiger partial charge in [-0.1, -0.05) is 0 Å². The summed E-state index contributed by atoms with van der Waals surface area (Å²) in [6.45, 7) is 13.3. The first kappa shape index (κ1) is 14.8. The van der Waals surface area contributed by atoms with E-state index in [-0.39, 0.29) is 0 Å². The molecule has 1 heterocycles. The fourth-order valence-electron chi connectivity index (χ4n) is 3.06. The third kappa shape index (κ3) is 2.94. The molecule has 1 rings (SSSR count). The van der Waals surface area contributed by atoms with E-state index in [1.807, 2.05) is 0 Å². The number of hydrogen-bond donors (Lipinski definition) is 0. The van der Waals surface area contributed by atoms with Crippen LogP contribution >= 0.6 is 0 Å². The van der Waals surface area contributed by atoms with E-state index in [1.165, 1.54) is 45.4 Å². The average Bonchev–Trinajstić information content (AvgIpc) is 2.29. The molecule has 96 valence electrons. The summed E-state index contributed by atoms with van der Waals surface area (Å²) in [5.74, 6) is 0. The van der Waals surface area contributed by atoms with Gasteiger partial charge in [0.1, 0.15) is 0 Å². The molecule has 0 amide bonds. The second-order valence-corrected chi connectivity index (χ2v) is 17.1. The van der Waals surface area contributed by atoms with Gasteiger partial charge >= 0.3 is 107 Å². The van der Waals surface area contributed by atoms with E-state index in [1.54, 1.807) is 8.87 Å². The Morgan fingerprint density at radius 2 is 1.25 bits per heavy atom. The van der Waals surface area contributed by atoms with Crippen molar-refractivity contribution in [1.82, 2.24) is 6.24 Å². The summed E-state index contributed by atoms with van der Waals surface area (Å²) < 4.78 is 8.94. The van der Waals surface area contributed by atoms with Crippen molar-refractivity contribution in [2.45, 2.75) is 62.3 Å². The van der Waals surface area contributed by atoms with Crippen molar-refractivity contribution in [3.63, 3.8) is 0 Å². The Morgan fingerprint density at radius 3 is 1.56 bits per heavy atom. The summed E-state index contributed by atoms with van der Waals surface area (Å²) in [7, 11) is 0. The predicted octanol–water partition coefficient (Wildman–Crippen LogP) is 3.64. The van der Waals surface area contributed by atoms with E-state index >= 15 is 0 Å². The first-order valence-corrected chi connectivity index (χ1v) is 13.8. The minimum atomic E-state index is -2.00. The molecule has 3 heteroatoms. The standard InChI is InChI=1S/C5H12N2.2C4H9.Sn/c1-3-6-5-7-4-2;2*1-3-4-2;/h3-5H2,1-2H3;2*1,3-4H2,2H3;/q-2;;;+2. The third-order valence-electron chi connectivity index (χ3n) is 4.14. The molecule has 0 atom stereocenters. The van der Waals surface area contributed by atoms with Crippen molar-refractivity contribution in [1.29, 1.82) is 0 Å². The van der Waals surface area contributed by atoms with E-state index in [9.17, 15) is 0 Å². The van der Waals surface area contributed by atoms with Crippen LogP contribution in [0.15, 0.2) is 0 Å². The summed E-state index contributed by atoms with van der Waals surface area (Å²) in [6.07, 6.45) is 5.68. The molecule has 0 N–H and O–H groups in total. The van der Waals surface area contributed by atoms with Crippen molar-refractivity contribution >= 4 is 18.9 Å². The Hall–Kier alpha value is 0.719. The summed E-state index contributed by atoms with van der Waals surface area (Å²) in [5, 5.41) is 0. The van der Waals surface area contributed by atoms with Crippen LogP contribution in [0.3, 0.4) is 0 Å². The maximum atomic E-state index is 2.89. The zero-order valence-corrected chi connectivity index (χ0v) is 14.6. The molecule has 1 aliphatic rings. The molecule has 0 aromatic rings. The van der Waals surface area contributed by atoms with Crippen LogP contribution in [0.4, 0.5) is 0 Å². The molecule has 0 aromatic carbocycles. The molecule has 0 aromatic heterocycles. The Labute approximate surface area is 107 Å². The fourth-order valence-corrected chi connectivity index (χ4v) is 19.0. The third-order valence-corrected chi connectivity index (χ3v) is 20.1. The zero-order chi connectivity index (χ0) is 12.0. The van der Waals surface area contributed by atoms with Gasteiger partial charge in [-0.05, 0) is 0 Å². The molecule has 16 heavy (non-hydrogen) atoms. The van der Waals surface area contributed by atoms with Crippen LogP contribution in [0.1, 0.15) is 53.4 Å². The number of rotatable bonds is 8. The molecule has 0 spiro atoms. The molecule has 1 fully saturated rings. The van der Waals surface area contributed by atoms with Crippen LogP contribution in [-0.2, 0) is 0 Å². The number of nitrogens with zero attached hydrogens (tertiary/aromatic N) is 2. The normalized spacial score (nSPS) is 21.0. The molecule has 0 saturated carbocycles. The summed E-state index contributed by atoms with van der Waals surface area (Å²) in [6, 6.07) is 0. The number of hydrogen-bond acceptors (Lipinski definition) is 2.